The molecule has 128 valence electrons. The van der Waals surface area contributed by atoms with Crippen molar-refractivity contribution in [3.8, 4) is 11.3 Å². The minimum atomic E-state index is -0.319. The van der Waals surface area contributed by atoms with Gasteiger partial charge in [-0.05, 0) is 12.1 Å². The Kier molecular flexibility index (Phi) is 4.28. The largest absolute Gasteiger partial charge is 0.300 e. The average Bonchev–Trinajstić information content (AvgIpc) is 3.06. The van der Waals surface area contributed by atoms with Gasteiger partial charge in [0.15, 0.2) is 5.13 Å². The van der Waals surface area contributed by atoms with Gasteiger partial charge in [0, 0.05) is 11.6 Å². The molecule has 0 atom stereocenters. The van der Waals surface area contributed by atoms with Crippen LogP contribution in [0.2, 0.25) is 0 Å². The minimum Gasteiger partial charge on any atom is -0.300 e. The van der Waals surface area contributed by atoms with Crippen LogP contribution in [-0.2, 0) is 11.3 Å². The number of hydrogen-bond donors (Lipinski definition) is 1. The first kappa shape index (κ1) is 16.2. The van der Waals surface area contributed by atoms with E-state index >= 15 is 0 Å². The van der Waals surface area contributed by atoms with Crippen LogP contribution >= 0.6 is 11.3 Å². The van der Waals surface area contributed by atoms with Crippen LogP contribution < -0.4 is 10.9 Å². The van der Waals surface area contributed by atoms with Gasteiger partial charge in [-0.15, -0.1) is 0 Å². The number of amides is 1. The number of rotatable bonds is 4. The lowest BCUT2D eigenvalue weighted by Crippen LogP contribution is -2.27. The number of anilines is 1. The summed E-state index contributed by atoms with van der Waals surface area (Å²) in [5, 5.41) is 3.25. The Bertz CT molecular complexity index is 1100. The molecule has 7 heteroatoms. The fourth-order valence-corrected chi connectivity index (χ4v) is 3.43. The zero-order valence-corrected chi connectivity index (χ0v) is 14.4. The van der Waals surface area contributed by atoms with Gasteiger partial charge in [-0.3, -0.25) is 14.2 Å². The van der Waals surface area contributed by atoms with Gasteiger partial charge in [-0.25, -0.2) is 9.97 Å². The fourth-order valence-electron chi connectivity index (χ4n) is 2.55. The smallest absolute Gasteiger partial charge is 0.254 e. The summed E-state index contributed by atoms with van der Waals surface area (Å²) < 4.78 is 2.27. The van der Waals surface area contributed by atoms with E-state index in [0.717, 1.165) is 15.8 Å². The molecule has 6 nitrogen and oxygen atoms in total. The van der Waals surface area contributed by atoms with E-state index in [4.69, 9.17) is 0 Å². The van der Waals surface area contributed by atoms with Crippen molar-refractivity contribution in [1.82, 2.24) is 14.5 Å². The Morgan fingerprint density at radius 3 is 2.62 bits per heavy atom. The number of carbonyl (C=O) groups excluding carboxylic acids is 1. The van der Waals surface area contributed by atoms with E-state index in [0.29, 0.717) is 10.8 Å². The number of nitrogens with zero attached hydrogens (tertiary/aromatic N) is 3. The van der Waals surface area contributed by atoms with Crippen molar-refractivity contribution >= 4 is 32.6 Å². The Hall–Kier alpha value is -3.32. The topological polar surface area (TPSA) is 76.9 Å². The first-order valence-corrected chi connectivity index (χ1v) is 8.78. The van der Waals surface area contributed by atoms with E-state index in [2.05, 4.69) is 15.3 Å². The van der Waals surface area contributed by atoms with Gasteiger partial charge in [0.05, 0.1) is 22.2 Å². The van der Waals surface area contributed by atoms with Crippen LogP contribution in [0.15, 0.2) is 71.8 Å². The van der Waals surface area contributed by atoms with Crippen molar-refractivity contribution in [3.63, 3.8) is 0 Å². The van der Waals surface area contributed by atoms with Gasteiger partial charge >= 0.3 is 0 Å². The highest BCUT2D eigenvalue weighted by atomic mass is 32.1. The van der Waals surface area contributed by atoms with Gasteiger partial charge in [0.1, 0.15) is 6.54 Å². The predicted octanol–water partition coefficient (Wildman–Crippen LogP) is 3.16. The molecular weight excluding hydrogens is 348 g/mol. The SMILES string of the molecule is O=C(Cn1cnc(-c2ccccc2)cc1=O)Nc1nc2ccccc2s1. The Morgan fingerprint density at radius 2 is 1.85 bits per heavy atom. The molecule has 4 rings (SSSR count). The molecule has 0 spiro atoms. The summed E-state index contributed by atoms with van der Waals surface area (Å²) >= 11 is 1.39. The average molecular weight is 362 g/mol. The maximum absolute atomic E-state index is 12.3. The Labute approximate surface area is 152 Å². The molecule has 0 aliphatic carbocycles. The van der Waals surface area contributed by atoms with Crippen molar-refractivity contribution in [3.05, 3.63) is 77.3 Å². The number of nitrogens with one attached hydrogen (secondary N) is 1. The van der Waals surface area contributed by atoms with Crippen LogP contribution in [0.25, 0.3) is 21.5 Å². The van der Waals surface area contributed by atoms with E-state index < -0.39 is 0 Å². The number of para-hydroxylation sites is 1. The van der Waals surface area contributed by atoms with E-state index in [-0.39, 0.29) is 18.0 Å². The number of fused-ring (bicyclic) bond motifs is 1. The highest BCUT2D eigenvalue weighted by Gasteiger charge is 2.10. The molecule has 4 aromatic rings. The van der Waals surface area contributed by atoms with E-state index in [9.17, 15) is 9.59 Å². The number of aromatic nitrogens is 3. The molecule has 0 bridgehead atoms. The minimum absolute atomic E-state index is 0.114. The highest BCUT2D eigenvalue weighted by molar-refractivity contribution is 7.22. The second-order valence-corrected chi connectivity index (χ2v) is 6.67. The van der Waals surface area contributed by atoms with Crippen molar-refractivity contribution < 1.29 is 4.79 Å². The first-order valence-electron chi connectivity index (χ1n) is 7.96. The molecule has 26 heavy (non-hydrogen) atoms. The van der Waals surface area contributed by atoms with Gasteiger partial charge in [-0.2, -0.15) is 0 Å². The molecule has 1 amide bonds. The summed E-state index contributed by atoms with van der Waals surface area (Å²) in [5.41, 5.74) is 1.99. The maximum Gasteiger partial charge on any atom is 0.254 e. The molecule has 2 heterocycles. The molecule has 2 aromatic carbocycles. The second kappa shape index (κ2) is 6.89. The van der Waals surface area contributed by atoms with Gasteiger partial charge in [0.2, 0.25) is 5.91 Å². The molecule has 0 unspecified atom stereocenters. The van der Waals surface area contributed by atoms with E-state index in [1.807, 2.05) is 54.6 Å². The van der Waals surface area contributed by atoms with Crippen molar-refractivity contribution in [2.75, 3.05) is 5.32 Å². The normalized spacial score (nSPS) is 10.8. The second-order valence-electron chi connectivity index (χ2n) is 5.64. The fraction of sp³-hybridized carbons (Fsp3) is 0.0526. The standard InChI is InChI=1S/C19H14N4O2S/c24-17(22-19-21-14-8-4-5-9-16(14)26-19)11-23-12-20-15(10-18(23)25)13-6-2-1-3-7-13/h1-10,12H,11H2,(H,21,22,24). The predicted molar refractivity (Wildman–Crippen MR) is 102 cm³/mol. The summed E-state index contributed by atoms with van der Waals surface area (Å²) in [6.07, 6.45) is 1.39. The number of hydrogen-bond acceptors (Lipinski definition) is 5. The van der Waals surface area contributed by atoms with Crippen LogP contribution in [0.5, 0.6) is 0 Å². The van der Waals surface area contributed by atoms with Crippen LogP contribution in [0.4, 0.5) is 5.13 Å². The monoisotopic (exact) mass is 362 g/mol. The lowest BCUT2D eigenvalue weighted by Gasteiger charge is -2.06. The molecule has 0 aliphatic rings. The zero-order valence-electron chi connectivity index (χ0n) is 13.6. The lowest BCUT2D eigenvalue weighted by molar-refractivity contribution is -0.116. The van der Waals surface area contributed by atoms with Crippen LogP contribution in [0, 0.1) is 0 Å². The third-order valence-corrected chi connectivity index (χ3v) is 4.76. The molecule has 0 saturated carbocycles. The van der Waals surface area contributed by atoms with Crippen molar-refractivity contribution in [2.45, 2.75) is 6.54 Å². The first-order chi connectivity index (χ1) is 12.7. The van der Waals surface area contributed by atoms with E-state index in [1.165, 1.54) is 28.3 Å². The van der Waals surface area contributed by atoms with Gasteiger partial charge < -0.3 is 5.32 Å². The van der Waals surface area contributed by atoms with Gasteiger partial charge in [-0.1, -0.05) is 53.8 Å². The summed E-state index contributed by atoms with van der Waals surface area (Å²) in [6, 6.07) is 18.5. The summed E-state index contributed by atoms with van der Waals surface area (Å²) in [5.74, 6) is -0.319. The van der Waals surface area contributed by atoms with E-state index in [1.54, 1.807) is 0 Å². The third-order valence-electron chi connectivity index (χ3n) is 3.80. The summed E-state index contributed by atoms with van der Waals surface area (Å²) in [4.78, 5) is 33.1. The molecule has 2 aromatic heterocycles. The molecule has 0 radical (unpaired) electrons. The Balaban J connectivity index is 1.49. The van der Waals surface area contributed by atoms with Crippen LogP contribution in [0.3, 0.4) is 0 Å². The third kappa shape index (κ3) is 3.38. The summed E-state index contributed by atoms with van der Waals surface area (Å²) in [7, 11) is 0. The molecule has 1 N–H and O–H groups in total. The zero-order chi connectivity index (χ0) is 17.9. The van der Waals surface area contributed by atoms with Crippen molar-refractivity contribution in [2.24, 2.45) is 0 Å². The number of thiazole rings is 1. The Morgan fingerprint density at radius 1 is 1.08 bits per heavy atom. The van der Waals surface area contributed by atoms with Crippen molar-refractivity contribution in [1.29, 1.82) is 0 Å². The van der Waals surface area contributed by atoms with Crippen LogP contribution in [-0.4, -0.2) is 20.4 Å². The molecular formula is C19H14N4O2S. The van der Waals surface area contributed by atoms with Crippen LogP contribution in [0.1, 0.15) is 0 Å². The molecule has 0 aliphatic heterocycles. The quantitative estimate of drug-likeness (QED) is 0.605. The molecule has 0 fully saturated rings. The number of carbonyl (C=O) groups is 1. The number of benzene rings is 2. The summed E-state index contributed by atoms with van der Waals surface area (Å²) in [6.45, 7) is -0.114. The highest BCUT2D eigenvalue weighted by Crippen LogP contribution is 2.25. The lowest BCUT2D eigenvalue weighted by atomic mass is 10.1. The maximum atomic E-state index is 12.3. The van der Waals surface area contributed by atoms with Gasteiger partial charge in [0.25, 0.3) is 5.56 Å². The molecule has 0 saturated heterocycles.